The van der Waals surface area contributed by atoms with Gasteiger partial charge in [0.15, 0.2) is 0 Å². The zero-order valence-electron chi connectivity index (χ0n) is 14.1. The summed E-state index contributed by atoms with van der Waals surface area (Å²) < 4.78 is 0. The lowest BCUT2D eigenvalue weighted by atomic mass is 10.1. The fourth-order valence-electron chi connectivity index (χ4n) is 3.32. The molecule has 3 aromatic rings. The minimum absolute atomic E-state index is 0.0587. The molecule has 1 N–H and O–H groups in total. The standard InChI is InChI=1S/C20H20N4O/c1-14-8-9-15-5-4-6-17(19(15)22-14)20(25)23-16-10-12-24(13-16)18-7-2-3-11-21-18/h2-9,11,16H,10,12-13H2,1H3,(H,23,25)/t16-/m1/s1. The number of amides is 1. The van der Waals surface area contributed by atoms with Gasteiger partial charge in [0.1, 0.15) is 5.82 Å². The lowest BCUT2D eigenvalue weighted by Crippen LogP contribution is -2.37. The Bertz CT molecular complexity index is 910. The Labute approximate surface area is 146 Å². The largest absolute Gasteiger partial charge is 0.354 e. The number of fused-ring (bicyclic) bond motifs is 1. The fraction of sp³-hybridized carbons (Fsp3) is 0.250. The van der Waals surface area contributed by atoms with Crippen LogP contribution in [0.25, 0.3) is 10.9 Å². The minimum Gasteiger partial charge on any atom is -0.354 e. The third-order valence-corrected chi connectivity index (χ3v) is 4.60. The van der Waals surface area contributed by atoms with Crippen LogP contribution in [0.4, 0.5) is 5.82 Å². The Kier molecular flexibility index (Phi) is 4.06. The van der Waals surface area contributed by atoms with E-state index in [2.05, 4.69) is 20.2 Å². The van der Waals surface area contributed by atoms with Crippen molar-refractivity contribution in [3.8, 4) is 0 Å². The van der Waals surface area contributed by atoms with Gasteiger partial charge in [-0.25, -0.2) is 4.98 Å². The number of pyridine rings is 2. The number of nitrogens with zero attached hydrogens (tertiary/aromatic N) is 3. The summed E-state index contributed by atoms with van der Waals surface area (Å²) in [5, 5.41) is 4.14. The third kappa shape index (κ3) is 3.18. The van der Waals surface area contributed by atoms with E-state index in [0.717, 1.165) is 41.9 Å². The number of anilines is 1. The number of rotatable bonds is 3. The monoisotopic (exact) mass is 332 g/mol. The first-order valence-corrected chi connectivity index (χ1v) is 8.54. The van der Waals surface area contributed by atoms with Gasteiger partial charge in [-0.05, 0) is 37.6 Å². The molecule has 0 bridgehead atoms. The summed E-state index contributed by atoms with van der Waals surface area (Å²) in [6.45, 7) is 3.62. The molecule has 5 nitrogen and oxygen atoms in total. The van der Waals surface area contributed by atoms with Crippen molar-refractivity contribution >= 4 is 22.6 Å². The highest BCUT2D eigenvalue weighted by Gasteiger charge is 2.25. The lowest BCUT2D eigenvalue weighted by Gasteiger charge is -2.18. The second kappa shape index (κ2) is 6.51. The van der Waals surface area contributed by atoms with Crippen LogP contribution in [0.3, 0.4) is 0 Å². The van der Waals surface area contributed by atoms with Gasteiger partial charge in [0.05, 0.1) is 11.1 Å². The predicted molar refractivity (Wildman–Crippen MR) is 98.8 cm³/mol. The van der Waals surface area contributed by atoms with Crippen LogP contribution in [0.1, 0.15) is 22.5 Å². The molecule has 0 radical (unpaired) electrons. The number of carbonyl (C=O) groups is 1. The summed E-state index contributed by atoms with van der Waals surface area (Å²) in [5.74, 6) is 0.901. The minimum atomic E-state index is -0.0587. The number of benzene rings is 1. The van der Waals surface area contributed by atoms with Crippen LogP contribution in [0.15, 0.2) is 54.7 Å². The molecule has 1 saturated heterocycles. The zero-order chi connectivity index (χ0) is 17.2. The lowest BCUT2D eigenvalue weighted by molar-refractivity contribution is 0.0942. The SMILES string of the molecule is Cc1ccc2cccc(C(=O)N[C@@H]3CCN(c4ccccn4)C3)c2n1. The highest BCUT2D eigenvalue weighted by atomic mass is 16.1. The van der Waals surface area contributed by atoms with E-state index in [1.807, 2.05) is 55.5 Å². The second-order valence-corrected chi connectivity index (χ2v) is 6.42. The van der Waals surface area contributed by atoms with Crippen molar-refractivity contribution in [1.82, 2.24) is 15.3 Å². The maximum atomic E-state index is 12.8. The van der Waals surface area contributed by atoms with Gasteiger partial charge in [-0.2, -0.15) is 0 Å². The van der Waals surface area contributed by atoms with Crippen molar-refractivity contribution in [3.05, 3.63) is 66.0 Å². The van der Waals surface area contributed by atoms with Crippen LogP contribution in [-0.4, -0.2) is 35.0 Å². The average Bonchev–Trinajstić information content (AvgIpc) is 3.10. The van der Waals surface area contributed by atoms with E-state index < -0.39 is 0 Å². The summed E-state index contributed by atoms with van der Waals surface area (Å²) in [5.41, 5.74) is 2.31. The van der Waals surface area contributed by atoms with Crippen molar-refractivity contribution in [2.24, 2.45) is 0 Å². The zero-order valence-corrected chi connectivity index (χ0v) is 14.1. The molecule has 1 fully saturated rings. The van der Waals surface area contributed by atoms with Crippen molar-refractivity contribution in [1.29, 1.82) is 0 Å². The van der Waals surface area contributed by atoms with Crippen LogP contribution in [-0.2, 0) is 0 Å². The molecule has 25 heavy (non-hydrogen) atoms. The molecule has 0 unspecified atom stereocenters. The number of nitrogens with one attached hydrogen (secondary N) is 1. The quantitative estimate of drug-likeness (QED) is 0.801. The summed E-state index contributed by atoms with van der Waals surface area (Å²) in [7, 11) is 0. The summed E-state index contributed by atoms with van der Waals surface area (Å²) in [6.07, 6.45) is 2.71. The Morgan fingerprint density at radius 1 is 1.16 bits per heavy atom. The molecule has 2 aromatic heterocycles. The van der Waals surface area contributed by atoms with Crippen LogP contribution in [0.2, 0.25) is 0 Å². The number of para-hydroxylation sites is 1. The van der Waals surface area contributed by atoms with Crippen LogP contribution in [0.5, 0.6) is 0 Å². The van der Waals surface area contributed by atoms with Gasteiger partial charge in [0.2, 0.25) is 0 Å². The van der Waals surface area contributed by atoms with E-state index >= 15 is 0 Å². The average molecular weight is 332 g/mol. The van der Waals surface area contributed by atoms with E-state index in [-0.39, 0.29) is 11.9 Å². The van der Waals surface area contributed by atoms with Crippen molar-refractivity contribution < 1.29 is 4.79 Å². The van der Waals surface area contributed by atoms with E-state index in [9.17, 15) is 4.79 Å². The Morgan fingerprint density at radius 3 is 2.92 bits per heavy atom. The van der Waals surface area contributed by atoms with E-state index in [0.29, 0.717) is 5.56 Å². The van der Waals surface area contributed by atoms with Gasteiger partial charge in [-0.3, -0.25) is 9.78 Å². The molecule has 126 valence electrons. The van der Waals surface area contributed by atoms with Crippen LogP contribution in [0, 0.1) is 6.92 Å². The molecule has 0 saturated carbocycles. The fourth-order valence-corrected chi connectivity index (χ4v) is 3.32. The van der Waals surface area contributed by atoms with Crippen molar-refractivity contribution in [3.63, 3.8) is 0 Å². The highest BCUT2D eigenvalue weighted by Crippen LogP contribution is 2.20. The van der Waals surface area contributed by atoms with Gasteiger partial charge in [0, 0.05) is 36.4 Å². The molecule has 1 aromatic carbocycles. The first kappa shape index (κ1) is 15.6. The maximum absolute atomic E-state index is 12.8. The molecule has 3 heterocycles. The Hall–Kier alpha value is -2.95. The third-order valence-electron chi connectivity index (χ3n) is 4.60. The van der Waals surface area contributed by atoms with Crippen LogP contribution >= 0.6 is 0 Å². The van der Waals surface area contributed by atoms with Crippen molar-refractivity contribution in [2.45, 2.75) is 19.4 Å². The molecular weight excluding hydrogens is 312 g/mol. The molecule has 1 atom stereocenters. The van der Waals surface area contributed by atoms with E-state index in [4.69, 9.17) is 0 Å². The Balaban J connectivity index is 1.51. The predicted octanol–water partition coefficient (Wildman–Crippen LogP) is 2.95. The molecule has 1 amide bonds. The molecule has 5 heteroatoms. The molecule has 1 aliphatic heterocycles. The van der Waals surface area contributed by atoms with Gasteiger partial charge < -0.3 is 10.2 Å². The number of hydrogen-bond acceptors (Lipinski definition) is 4. The highest BCUT2D eigenvalue weighted by molar-refractivity contribution is 6.05. The van der Waals surface area contributed by atoms with E-state index in [1.54, 1.807) is 6.20 Å². The van der Waals surface area contributed by atoms with Gasteiger partial charge in [-0.15, -0.1) is 0 Å². The topological polar surface area (TPSA) is 58.1 Å². The van der Waals surface area contributed by atoms with Gasteiger partial charge >= 0.3 is 0 Å². The van der Waals surface area contributed by atoms with Crippen LogP contribution < -0.4 is 10.2 Å². The number of aryl methyl sites for hydroxylation is 1. The van der Waals surface area contributed by atoms with E-state index in [1.165, 1.54) is 0 Å². The second-order valence-electron chi connectivity index (χ2n) is 6.42. The Morgan fingerprint density at radius 2 is 2.08 bits per heavy atom. The number of hydrogen-bond donors (Lipinski definition) is 1. The summed E-state index contributed by atoms with van der Waals surface area (Å²) in [4.78, 5) is 23.9. The molecule has 4 rings (SSSR count). The normalized spacial score (nSPS) is 17.0. The summed E-state index contributed by atoms with van der Waals surface area (Å²) in [6, 6.07) is 15.7. The summed E-state index contributed by atoms with van der Waals surface area (Å²) >= 11 is 0. The molecule has 1 aliphatic rings. The smallest absolute Gasteiger partial charge is 0.253 e. The first-order chi connectivity index (χ1) is 12.2. The first-order valence-electron chi connectivity index (χ1n) is 8.54. The van der Waals surface area contributed by atoms with Crippen molar-refractivity contribution in [2.75, 3.05) is 18.0 Å². The number of aromatic nitrogens is 2. The van der Waals surface area contributed by atoms with Gasteiger partial charge in [-0.1, -0.05) is 24.3 Å². The number of carbonyl (C=O) groups excluding carboxylic acids is 1. The molecule has 0 aliphatic carbocycles. The molecule has 0 spiro atoms. The van der Waals surface area contributed by atoms with Gasteiger partial charge in [0.25, 0.3) is 5.91 Å². The molecular formula is C20H20N4O. The maximum Gasteiger partial charge on any atom is 0.253 e.